The Labute approximate surface area is 169 Å². The SMILES string of the molecule is COC(=O)c1c(NC(=O)c2c(C)cc(C)cc2C)sc(C)c1-c1ccccc1. The zero-order valence-electron chi connectivity index (χ0n) is 16.7. The fourth-order valence-corrected chi connectivity index (χ4v) is 4.65. The predicted octanol–water partition coefficient (Wildman–Crippen LogP) is 5.69. The molecule has 144 valence electrons. The van der Waals surface area contributed by atoms with E-state index in [1.165, 1.54) is 18.4 Å². The fraction of sp³-hybridized carbons (Fsp3) is 0.217. The third-order valence-electron chi connectivity index (χ3n) is 4.67. The van der Waals surface area contributed by atoms with E-state index in [0.29, 0.717) is 16.1 Å². The molecule has 0 radical (unpaired) electrons. The number of anilines is 1. The summed E-state index contributed by atoms with van der Waals surface area (Å²) in [5.74, 6) is -0.683. The number of thiophene rings is 1. The number of benzene rings is 2. The molecule has 3 aromatic rings. The molecule has 0 aliphatic heterocycles. The molecule has 1 N–H and O–H groups in total. The molecule has 4 nitrogen and oxygen atoms in total. The van der Waals surface area contributed by atoms with Crippen LogP contribution in [-0.4, -0.2) is 19.0 Å². The van der Waals surface area contributed by atoms with E-state index >= 15 is 0 Å². The molecule has 0 saturated carbocycles. The van der Waals surface area contributed by atoms with E-state index in [2.05, 4.69) is 5.32 Å². The Balaban J connectivity index is 2.08. The molecular weight excluding hydrogens is 370 g/mol. The predicted molar refractivity (Wildman–Crippen MR) is 114 cm³/mol. The van der Waals surface area contributed by atoms with Crippen LogP contribution in [0.4, 0.5) is 5.00 Å². The minimum Gasteiger partial charge on any atom is -0.465 e. The number of carbonyl (C=O) groups is 2. The van der Waals surface area contributed by atoms with Crippen LogP contribution < -0.4 is 5.32 Å². The monoisotopic (exact) mass is 393 g/mol. The summed E-state index contributed by atoms with van der Waals surface area (Å²) in [7, 11) is 1.35. The highest BCUT2D eigenvalue weighted by Gasteiger charge is 2.26. The number of rotatable bonds is 4. The van der Waals surface area contributed by atoms with Gasteiger partial charge in [-0.05, 0) is 44.4 Å². The standard InChI is InChI=1S/C23H23NO3S/c1-13-11-14(2)18(15(3)12-13)21(25)24-22-20(23(26)27-5)19(16(4)28-22)17-9-7-6-8-10-17/h6-12H,1-5H3,(H,24,25). The van der Waals surface area contributed by atoms with Crippen LogP contribution >= 0.6 is 11.3 Å². The van der Waals surface area contributed by atoms with Crippen molar-refractivity contribution in [3.8, 4) is 11.1 Å². The zero-order valence-corrected chi connectivity index (χ0v) is 17.5. The van der Waals surface area contributed by atoms with Gasteiger partial charge < -0.3 is 10.1 Å². The van der Waals surface area contributed by atoms with Crippen LogP contribution in [0.1, 0.15) is 42.3 Å². The molecular formula is C23H23NO3S. The van der Waals surface area contributed by atoms with Gasteiger partial charge in [-0.3, -0.25) is 4.79 Å². The van der Waals surface area contributed by atoms with Crippen molar-refractivity contribution in [2.45, 2.75) is 27.7 Å². The molecule has 0 aliphatic rings. The van der Waals surface area contributed by atoms with Gasteiger partial charge in [-0.25, -0.2) is 4.79 Å². The van der Waals surface area contributed by atoms with Gasteiger partial charge in [0.25, 0.3) is 5.91 Å². The van der Waals surface area contributed by atoms with Crippen molar-refractivity contribution in [1.82, 2.24) is 0 Å². The Bertz CT molecular complexity index is 1030. The highest BCUT2D eigenvalue weighted by atomic mass is 32.1. The lowest BCUT2D eigenvalue weighted by atomic mass is 9.99. The third-order valence-corrected chi connectivity index (χ3v) is 5.69. The van der Waals surface area contributed by atoms with Gasteiger partial charge in [0.2, 0.25) is 0 Å². The molecule has 0 spiro atoms. The number of ether oxygens (including phenoxy) is 1. The molecule has 5 heteroatoms. The van der Waals surface area contributed by atoms with Crippen molar-refractivity contribution in [2.75, 3.05) is 12.4 Å². The van der Waals surface area contributed by atoms with Crippen molar-refractivity contribution in [3.63, 3.8) is 0 Å². The fourth-order valence-electron chi connectivity index (χ4n) is 3.59. The van der Waals surface area contributed by atoms with E-state index in [9.17, 15) is 9.59 Å². The first-order valence-electron chi connectivity index (χ1n) is 8.99. The minimum atomic E-state index is -0.462. The Hall–Kier alpha value is -2.92. The third kappa shape index (κ3) is 3.71. The smallest absolute Gasteiger partial charge is 0.341 e. The lowest BCUT2D eigenvalue weighted by Crippen LogP contribution is -2.16. The summed E-state index contributed by atoms with van der Waals surface area (Å²) >= 11 is 1.38. The van der Waals surface area contributed by atoms with Crippen LogP contribution in [0.15, 0.2) is 42.5 Å². The molecule has 0 bridgehead atoms. The average Bonchev–Trinajstić information content (AvgIpc) is 2.96. The lowest BCUT2D eigenvalue weighted by molar-refractivity contribution is 0.0603. The van der Waals surface area contributed by atoms with E-state index in [1.807, 2.05) is 70.2 Å². The summed E-state index contributed by atoms with van der Waals surface area (Å²) in [6, 6.07) is 13.6. The topological polar surface area (TPSA) is 55.4 Å². The molecule has 0 saturated heterocycles. The quantitative estimate of drug-likeness (QED) is 0.580. The van der Waals surface area contributed by atoms with Crippen molar-refractivity contribution >= 4 is 28.2 Å². The Morgan fingerprint density at radius 1 is 0.929 bits per heavy atom. The zero-order chi connectivity index (χ0) is 20.4. The normalized spacial score (nSPS) is 10.6. The maximum atomic E-state index is 13.0. The summed E-state index contributed by atoms with van der Waals surface area (Å²) in [6.07, 6.45) is 0. The van der Waals surface area contributed by atoms with Crippen LogP contribution in [0.5, 0.6) is 0 Å². The second kappa shape index (κ2) is 7.98. The van der Waals surface area contributed by atoms with Crippen molar-refractivity contribution in [2.24, 2.45) is 0 Å². The number of hydrogen-bond donors (Lipinski definition) is 1. The van der Waals surface area contributed by atoms with E-state index in [0.717, 1.165) is 32.7 Å². The maximum Gasteiger partial charge on any atom is 0.341 e. The van der Waals surface area contributed by atoms with Crippen LogP contribution in [0.25, 0.3) is 11.1 Å². The Morgan fingerprint density at radius 3 is 2.11 bits per heavy atom. The maximum absolute atomic E-state index is 13.0. The van der Waals surface area contributed by atoms with Crippen molar-refractivity contribution < 1.29 is 14.3 Å². The van der Waals surface area contributed by atoms with Gasteiger partial charge in [-0.1, -0.05) is 48.0 Å². The molecule has 1 aromatic heterocycles. The molecule has 1 heterocycles. The van der Waals surface area contributed by atoms with Crippen LogP contribution in [0.2, 0.25) is 0 Å². The first-order valence-corrected chi connectivity index (χ1v) is 9.81. The van der Waals surface area contributed by atoms with Gasteiger partial charge in [0, 0.05) is 16.0 Å². The first kappa shape index (κ1) is 19.8. The number of hydrogen-bond acceptors (Lipinski definition) is 4. The van der Waals surface area contributed by atoms with Gasteiger partial charge in [0.1, 0.15) is 10.6 Å². The van der Waals surface area contributed by atoms with Crippen LogP contribution in [-0.2, 0) is 4.74 Å². The van der Waals surface area contributed by atoms with Gasteiger partial charge in [0.15, 0.2) is 0 Å². The molecule has 28 heavy (non-hydrogen) atoms. The molecule has 3 rings (SSSR count). The Kier molecular flexibility index (Phi) is 5.66. The minimum absolute atomic E-state index is 0.221. The summed E-state index contributed by atoms with van der Waals surface area (Å²) < 4.78 is 5.02. The second-order valence-electron chi connectivity index (χ2n) is 6.82. The highest BCUT2D eigenvalue weighted by molar-refractivity contribution is 7.17. The van der Waals surface area contributed by atoms with E-state index in [1.54, 1.807) is 0 Å². The second-order valence-corrected chi connectivity index (χ2v) is 8.05. The van der Waals surface area contributed by atoms with Crippen LogP contribution in [0, 0.1) is 27.7 Å². The molecule has 0 atom stereocenters. The summed E-state index contributed by atoms with van der Waals surface area (Å²) in [5, 5.41) is 3.46. The number of amides is 1. The number of aryl methyl sites for hydroxylation is 4. The van der Waals surface area contributed by atoms with Crippen molar-refractivity contribution in [3.05, 3.63) is 75.2 Å². The number of esters is 1. The molecule has 0 aliphatic carbocycles. The molecule has 1 amide bonds. The van der Waals surface area contributed by atoms with Gasteiger partial charge in [-0.15, -0.1) is 11.3 Å². The number of methoxy groups -OCH3 is 1. The molecule has 0 fully saturated rings. The van der Waals surface area contributed by atoms with E-state index in [-0.39, 0.29) is 5.91 Å². The van der Waals surface area contributed by atoms with E-state index < -0.39 is 5.97 Å². The molecule has 0 unspecified atom stereocenters. The summed E-state index contributed by atoms with van der Waals surface area (Å²) in [4.78, 5) is 26.5. The van der Waals surface area contributed by atoms with Gasteiger partial charge in [-0.2, -0.15) is 0 Å². The average molecular weight is 394 g/mol. The summed E-state index contributed by atoms with van der Waals surface area (Å²) in [5.41, 5.74) is 5.67. The highest BCUT2D eigenvalue weighted by Crippen LogP contribution is 2.40. The largest absolute Gasteiger partial charge is 0.465 e. The van der Waals surface area contributed by atoms with Crippen molar-refractivity contribution in [1.29, 1.82) is 0 Å². The lowest BCUT2D eigenvalue weighted by Gasteiger charge is -2.12. The van der Waals surface area contributed by atoms with Crippen LogP contribution in [0.3, 0.4) is 0 Å². The molecule has 2 aromatic carbocycles. The first-order chi connectivity index (χ1) is 13.3. The summed E-state index contributed by atoms with van der Waals surface area (Å²) in [6.45, 7) is 7.79. The number of nitrogens with one attached hydrogen (secondary N) is 1. The van der Waals surface area contributed by atoms with E-state index in [4.69, 9.17) is 4.74 Å². The van der Waals surface area contributed by atoms with Gasteiger partial charge in [0.05, 0.1) is 7.11 Å². The Morgan fingerprint density at radius 2 is 1.54 bits per heavy atom. The van der Waals surface area contributed by atoms with Gasteiger partial charge >= 0.3 is 5.97 Å². The number of carbonyl (C=O) groups excluding carboxylic acids is 2.